The van der Waals surface area contributed by atoms with Crippen molar-refractivity contribution < 1.29 is 13.5 Å². The number of nitrogens with zero attached hydrogens (tertiary/aromatic N) is 5. The molecule has 0 bridgehead atoms. The summed E-state index contributed by atoms with van der Waals surface area (Å²) < 4.78 is 34.5. The molecule has 0 unspecified atom stereocenters. The van der Waals surface area contributed by atoms with E-state index in [4.69, 9.17) is 4.74 Å². The number of fused-ring (bicyclic) bond motifs is 1. The van der Waals surface area contributed by atoms with Crippen molar-refractivity contribution in [1.82, 2.24) is 24.8 Å². The van der Waals surface area contributed by atoms with Crippen molar-refractivity contribution in [2.24, 2.45) is 0 Å². The molecule has 8 nitrogen and oxygen atoms in total. The third-order valence-corrected chi connectivity index (χ3v) is 5.16. The predicted octanol–water partition coefficient (Wildman–Crippen LogP) is 1.97. The zero-order chi connectivity index (χ0) is 19.8. The Morgan fingerprint density at radius 1 is 1.07 bits per heavy atom. The van der Waals surface area contributed by atoms with E-state index in [1.165, 1.54) is 4.57 Å². The second-order valence-corrected chi connectivity index (χ2v) is 7.10. The molecule has 0 atom stereocenters. The summed E-state index contributed by atoms with van der Waals surface area (Å²) in [4.78, 5) is 15.4. The number of para-hydroxylation sites is 2. The van der Waals surface area contributed by atoms with Gasteiger partial charge in [-0.2, -0.15) is 9.97 Å². The second-order valence-electron chi connectivity index (χ2n) is 7.10. The van der Waals surface area contributed by atoms with E-state index >= 15 is 0 Å². The van der Waals surface area contributed by atoms with E-state index in [2.05, 4.69) is 30.5 Å². The number of benzene rings is 1. The van der Waals surface area contributed by atoms with Crippen LogP contribution in [-0.2, 0) is 4.74 Å². The number of rotatable bonds is 5. The molecule has 2 aromatic heterocycles. The molecule has 3 aromatic rings. The molecular formula is C19H21F2N7O. The second kappa shape index (κ2) is 7.53. The molecule has 2 saturated heterocycles. The maximum absolute atomic E-state index is 13.8. The van der Waals surface area contributed by atoms with Crippen LogP contribution in [0.5, 0.6) is 0 Å². The third kappa shape index (κ3) is 3.49. The van der Waals surface area contributed by atoms with Gasteiger partial charge in [0, 0.05) is 32.2 Å². The quantitative estimate of drug-likeness (QED) is 0.677. The number of halogens is 2. The van der Waals surface area contributed by atoms with Crippen molar-refractivity contribution in [2.75, 3.05) is 49.6 Å². The van der Waals surface area contributed by atoms with Gasteiger partial charge in [0.05, 0.1) is 30.3 Å². The predicted molar refractivity (Wildman–Crippen MR) is 105 cm³/mol. The first-order valence-corrected chi connectivity index (χ1v) is 9.64. The Morgan fingerprint density at radius 3 is 2.55 bits per heavy atom. The minimum Gasteiger partial charge on any atom is -0.378 e. The number of nitrogens with one attached hydrogen (secondary N) is 2. The van der Waals surface area contributed by atoms with Crippen molar-refractivity contribution in [1.29, 1.82) is 0 Å². The summed E-state index contributed by atoms with van der Waals surface area (Å²) in [5.74, 6) is 1.16. The van der Waals surface area contributed by atoms with Gasteiger partial charge >= 0.3 is 0 Å². The fourth-order valence-corrected chi connectivity index (χ4v) is 3.56. The molecule has 2 fully saturated rings. The number of ether oxygens (including phenoxy) is 1. The highest BCUT2D eigenvalue weighted by molar-refractivity contribution is 5.78. The SMILES string of the molecule is FC(F)c1nc2ccccc2n1-c1cc(N2CCOCC2)nc(NC2CNC2)n1. The van der Waals surface area contributed by atoms with Gasteiger partial charge in [0.15, 0.2) is 5.82 Å². The lowest BCUT2D eigenvalue weighted by atomic mass is 10.2. The number of hydrogen-bond donors (Lipinski definition) is 2. The van der Waals surface area contributed by atoms with Crippen LogP contribution in [0.2, 0.25) is 0 Å². The van der Waals surface area contributed by atoms with E-state index < -0.39 is 6.43 Å². The standard InChI is InChI=1S/C19H21F2N7O/c20-17(21)18-24-13-3-1-2-4-14(13)28(18)16-9-15(27-5-7-29-8-6-27)25-19(26-16)23-12-10-22-11-12/h1-4,9,12,17,22H,5-8,10-11H2,(H,23,25,26). The summed E-state index contributed by atoms with van der Waals surface area (Å²) in [5.41, 5.74) is 1.10. The summed E-state index contributed by atoms with van der Waals surface area (Å²) in [7, 11) is 0. The molecule has 5 rings (SSSR count). The molecule has 0 saturated carbocycles. The summed E-state index contributed by atoms with van der Waals surface area (Å²) in [5, 5.41) is 6.48. The molecule has 1 aromatic carbocycles. The van der Waals surface area contributed by atoms with Gasteiger partial charge in [-0.15, -0.1) is 0 Å². The van der Waals surface area contributed by atoms with Gasteiger partial charge in [0.1, 0.15) is 11.6 Å². The van der Waals surface area contributed by atoms with Gasteiger partial charge in [-0.3, -0.25) is 4.57 Å². The Balaban J connectivity index is 1.64. The van der Waals surface area contributed by atoms with E-state index in [0.717, 1.165) is 13.1 Å². The fourth-order valence-electron chi connectivity index (χ4n) is 3.56. The Morgan fingerprint density at radius 2 is 1.83 bits per heavy atom. The lowest BCUT2D eigenvalue weighted by Crippen LogP contribution is -2.51. The van der Waals surface area contributed by atoms with Crippen LogP contribution >= 0.6 is 0 Å². The zero-order valence-electron chi connectivity index (χ0n) is 15.7. The largest absolute Gasteiger partial charge is 0.378 e. The first-order chi connectivity index (χ1) is 14.2. The molecule has 10 heteroatoms. The van der Waals surface area contributed by atoms with E-state index in [-0.39, 0.29) is 11.9 Å². The van der Waals surface area contributed by atoms with Crippen LogP contribution in [-0.4, -0.2) is 65.0 Å². The van der Waals surface area contributed by atoms with Crippen LogP contribution < -0.4 is 15.5 Å². The molecule has 0 amide bonds. The molecule has 29 heavy (non-hydrogen) atoms. The van der Waals surface area contributed by atoms with Crippen LogP contribution in [0.1, 0.15) is 12.2 Å². The Labute approximate surface area is 165 Å². The van der Waals surface area contributed by atoms with Crippen molar-refractivity contribution >= 4 is 22.8 Å². The molecule has 2 aliphatic rings. The van der Waals surface area contributed by atoms with E-state index in [0.29, 0.717) is 54.9 Å². The summed E-state index contributed by atoms with van der Waals surface area (Å²) in [6, 6.07) is 9.05. The molecule has 0 aliphatic carbocycles. The van der Waals surface area contributed by atoms with Crippen molar-refractivity contribution in [2.45, 2.75) is 12.5 Å². The minimum atomic E-state index is -2.73. The van der Waals surface area contributed by atoms with Gasteiger partial charge in [0.2, 0.25) is 5.95 Å². The van der Waals surface area contributed by atoms with Crippen molar-refractivity contribution in [3.05, 3.63) is 36.2 Å². The summed E-state index contributed by atoms with van der Waals surface area (Å²) in [6.07, 6.45) is -2.73. The third-order valence-electron chi connectivity index (χ3n) is 5.16. The average Bonchev–Trinajstić information content (AvgIpc) is 3.11. The van der Waals surface area contributed by atoms with Gasteiger partial charge in [-0.05, 0) is 12.1 Å². The van der Waals surface area contributed by atoms with Crippen molar-refractivity contribution in [3.8, 4) is 5.82 Å². The molecule has 152 valence electrons. The zero-order valence-corrected chi connectivity index (χ0v) is 15.7. The maximum Gasteiger partial charge on any atom is 0.296 e. The molecule has 2 aliphatic heterocycles. The van der Waals surface area contributed by atoms with Crippen LogP contribution in [0, 0.1) is 0 Å². The Bertz CT molecular complexity index is 1010. The normalized spacial score (nSPS) is 17.7. The first-order valence-electron chi connectivity index (χ1n) is 9.64. The number of morpholine rings is 1. The smallest absolute Gasteiger partial charge is 0.296 e. The number of anilines is 2. The van der Waals surface area contributed by atoms with Gasteiger partial charge in [-0.25, -0.2) is 13.8 Å². The molecule has 0 spiro atoms. The van der Waals surface area contributed by atoms with E-state index in [1.807, 2.05) is 0 Å². The van der Waals surface area contributed by atoms with Crippen LogP contribution in [0.25, 0.3) is 16.9 Å². The molecule has 2 N–H and O–H groups in total. The number of aromatic nitrogens is 4. The Kier molecular flexibility index (Phi) is 4.72. The number of imidazole rings is 1. The first kappa shape index (κ1) is 18.2. The van der Waals surface area contributed by atoms with Gasteiger partial charge in [0.25, 0.3) is 6.43 Å². The number of alkyl halides is 2. The van der Waals surface area contributed by atoms with E-state index in [9.17, 15) is 8.78 Å². The molecule has 0 radical (unpaired) electrons. The van der Waals surface area contributed by atoms with Crippen molar-refractivity contribution in [3.63, 3.8) is 0 Å². The average molecular weight is 401 g/mol. The van der Waals surface area contributed by atoms with Crippen LogP contribution in [0.15, 0.2) is 30.3 Å². The van der Waals surface area contributed by atoms with E-state index in [1.54, 1.807) is 30.3 Å². The van der Waals surface area contributed by atoms with Gasteiger partial charge < -0.3 is 20.3 Å². The van der Waals surface area contributed by atoms with Crippen LogP contribution in [0.3, 0.4) is 0 Å². The number of hydrogen-bond acceptors (Lipinski definition) is 7. The minimum absolute atomic E-state index is 0.219. The lowest BCUT2D eigenvalue weighted by Gasteiger charge is -2.30. The lowest BCUT2D eigenvalue weighted by molar-refractivity contribution is 0.122. The molecule has 4 heterocycles. The monoisotopic (exact) mass is 401 g/mol. The highest BCUT2D eigenvalue weighted by atomic mass is 19.3. The highest BCUT2D eigenvalue weighted by Crippen LogP contribution is 2.29. The summed E-state index contributed by atoms with van der Waals surface area (Å²) in [6.45, 7) is 4.21. The van der Waals surface area contributed by atoms with Gasteiger partial charge in [-0.1, -0.05) is 12.1 Å². The summed E-state index contributed by atoms with van der Waals surface area (Å²) >= 11 is 0. The highest BCUT2D eigenvalue weighted by Gasteiger charge is 2.24. The topological polar surface area (TPSA) is 80.1 Å². The van der Waals surface area contributed by atoms with Crippen LogP contribution in [0.4, 0.5) is 20.5 Å². The fraction of sp³-hybridized carbons (Fsp3) is 0.421. The maximum atomic E-state index is 13.8. The molecular weight excluding hydrogens is 380 g/mol. The Hall–Kier alpha value is -2.85.